The predicted octanol–water partition coefficient (Wildman–Crippen LogP) is 1.37. The van der Waals surface area contributed by atoms with E-state index in [1.54, 1.807) is 0 Å². The minimum absolute atomic E-state index is 0.441. The summed E-state index contributed by atoms with van der Waals surface area (Å²) in [6, 6.07) is 7.76. The number of aliphatic hydroxyl groups is 1. The molecule has 1 atom stereocenters. The molecule has 0 aliphatic carbocycles. The molecule has 2 rings (SSSR count). The van der Waals surface area contributed by atoms with Gasteiger partial charge in [-0.05, 0) is 31.7 Å². The van der Waals surface area contributed by atoms with Gasteiger partial charge in [0.1, 0.15) is 5.75 Å². The lowest BCUT2D eigenvalue weighted by molar-refractivity contribution is 0.0804. The molecule has 0 radical (unpaired) electrons. The van der Waals surface area contributed by atoms with Crippen LogP contribution in [0.1, 0.15) is 18.6 Å². The highest BCUT2D eigenvalue weighted by Gasteiger charge is 2.18. The molecular weight excluding hydrogens is 240 g/mol. The average molecular weight is 264 g/mol. The zero-order valence-corrected chi connectivity index (χ0v) is 11.9. The summed E-state index contributed by atoms with van der Waals surface area (Å²) in [5, 5.41) is 10.3. The predicted molar refractivity (Wildman–Crippen MR) is 76.5 cm³/mol. The van der Waals surface area contributed by atoms with Crippen molar-refractivity contribution in [2.45, 2.75) is 13.0 Å². The van der Waals surface area contributed by atoms with Gasteiger partial charge >= 0.3 is 0 Å². The third kappa shape index (κ3) is 4.20. The van der Waals surface area contributed by atoms with Crippen molar-refractivity contribution in [3.63, 3.8) is 0 Å². The second-order valence-electron chi connectivity index (χ2n) is 5.13. The van der Waals surface area contributed by atoms with Crippen molar-refractivity contribution < 1.29 is 9.84 Å². The summed E-state index contributed by atoms with van der Waals surface area (Å²) in [5.41, 5.74) is 0.935. The Morgan fingerprint density at radius 3 is 2.68 bits per heavy atom. The fourth-order valence-corrected chi connectivity index (χ4v) is 2.36. The number of hydrogen-bond acceptors (Lipinski definition) is 4. The highest BCUT2D eigenvalue weighted by atomic mass is 16.5. The standard InChI is InChI=1S/C15H24N2O2/c1-3-19-14-6-4-5-13(11-14)15(18)12-17-9-7-16(2)8-10-17/h4-6,11,15,18H,3,7-10,12H2,1-2H3. The number of hydrogen-bond donors (Lipinski definition) is 1. The molecule has 0 spiro atoms. The van der Waals surface area contributed by atoms with E-state index >= 15 is 0 Å². The van der Waals surface area contributed by atoms with Crippen LogP contribution in [0.4, 0.5) is 0 Å². The Morgan fingerprint density at radius 1 is 1.26 bits per heavy atom. The summed E-state index contributed by atoms with van der Waals surface area (Å²) in [6.45, 7) is 7.52. The van der Waals surface area contributed by atoms with Crippen LogP contribution >= 0.6 is 0 Å². The fraction of sp³-hybridized carbons (Fsp3) is 0.600. The first-order valence-electron chi connectivity index (χ1n) is 7.00. The topological polar surface area (TPSA) is 35.9 Å². The van der Waals surface area contributed by atoms with Crippen LogP contribution in [-0.4, -0.2) is 61.3 Å². The molecule has 1 fully saturated rings. The van der Waals surface area contributed by atoms with Crippen molar-refractivity contribution in [2.24, 2.45) is 0 Å². The maximum atomic E-state index is 10.3. The summed E-state index contributed by atoms with van der Waals surface area (Å²) in [6.07, 6.45) is -0.441. The van der Waals surface area contributed by atoms with E-state index in [0.717, 1.165) is 37.5 Å². The van der Waals surface area contributed by atoms with Crippen molar-refractivity contribution in [1.82, 2.24) is 9.80 Å². The van der Waals surface area contributed by atoms with Gasteiger partial charge < -0.3 is 14.7 Å². The van der Waals surface area contributed by atoms with E-state index in [1.165, 1.54) is 0 Å². The molecule has 0 bridgehead atoms. The van der Waals surface area contributed by atoms with Gasteiger partial charge in [-0.15, -0.1) is 0 Å². The van der Waals surface area contributed by atoms with E-state index in [0.29, 0.717) is 13.2 Å². The molecule has 1 saturated heterocycles. The van der Waals surface area contributed by atoms with E-state index in [1.807, 2.05) is 31.2 Å². The summed E-state index contributed by atoms with van der Waals surface area (Å²) < 4.78 is 5.47. The number of benzene rings is 1. The van der Waals surface area contributed by atoms with Crippen LogP contribution in [0.3, 0.4) is 0 Å². The SMILES string of the molecule is CCOc1cccc(C(O)CN2CCN(C)CC2)c1. The summed E-state index contributed by atoms with van der Waals surface area (Å²) in [7, 11) is 2.14. The first-order chi connectivity index (χ1) is 9.19. The second-order valence-corrected chi connectivity index (χ2v) is 5.13. The Morgan fingerprint density at radius 2 is 2.00 bits per heavy atom. The van der Waals surface area contributed by atoms with Gasteiger partial charge in [-0.3, -0.25) is 4.90 Å². The normalized spacial score (nSPS) is 19.3. The Hall–Kier alpha value is -1.10. The molecule has 106 valence electrons. The van der Waals surface area contributed by atoms with Crippen LogP contribution in [0.15, 0.2) is 24.3 Å². The molecule has 1 aliphatic heterocycles. The molecule has 4 heteroatoms. The average Bonchev–Trinajstić information content (AvgIpc) is 2.42. The Balaban J connectivity index is 1.91. The third-order valence-corrected chi connectivity index (χ3v) is 3.58. The molecule has 1 N–H and O–H groups in total. The maximum Gasteiger partial charge on any atom is 0.119 e. The Kier molecular flexibility index (Phi) is 5.19. The summed E-state index contributed by atoms with van der Waals surface area (Å²) in [4.78, 5) is 4.64. The van der Waals surface area contributed by atoms with Crippen molar-refractivity contribution in [1.29, 1.82) is 0 Å². The minimum atomic E-state index is -0.441. The minimum Gasteiger partial charge on any atom is -0.494 e. The highest BCUT2D eigenvalue weighted by molar-refractivity contribution is 5.30. The molecule has 1 aromatic carbocycles. The van der Waals surface area contributed by atoms with Gasteiger partial charge in [0.15, 0.2) is 0 Å². The molecular formula is C15H24N2O2. The van der Waals surface area contributed by atoms with Gasteiger partial charge in [-0.1, -0.05) is 12.1 Å². The van der Waals surface area contributed by atoms with Crippen LogP contribution < -0.4 is 4.74 Å². The third-order valence-electron chi connectivity index (χ3n) is 3.58. The van der Waals surface area contributed by atoms with E-state index in [9.17, 15) is 5.11 Å². The lowest BCUT2D eigenvalue weighted by Crippen LogP contribution is -2.45. The zero-order chi connectivity index (χ0) is 13.7. The van der Waals surface area contributed by atoms with E-state index in [2.05, 4.69) is 16.8 Å². The van der Waals surface area contributed by atoms with Crippen molar-refractivity contribution >= 4 is 0 Å². The second kappa shape index (κ2) is 6.89. The van der Waals surface area contributed by atoms with E-state index < -0.39 is 6.10 Å². The van der Waals surface area contributed by atoms with Crippen LogP contribution in [0, 0.1) is 0 Å². The van der Waals surface area contributed by atoms with Crippen LogP contribution in [0.2, 0.25) is 0 Å². The number of piperazine rings is 1. The largest absolute Gasteiger partial charge is 0.494 e. The number of nitrogens with zero attached hydrogens (tertiary/aromatic N) is 2. The summed E-state index contributed by atoms with van der Waals surface area (Å²) in [5.74, 6) is 0.831. The van der Waals surface area contributed by atoms with E-state index in [4.69, 9.17) is 4.74 Å². The molecule has 1 aromatic rings. The Bertz CT molecular complexity index is 389. The molecule has 1 unspecified atom stereocenters. The molecule has 0 aromatic heterocycles. The lowest BCUT2D eigenvalue weighted by Gasteiger charge is -2.33. The quantitative estimate of drug-likeness (QED) is 0.871. The van der Waals surface area contributed by atoms with Gasteiger partial charge in [-0.25, -0.2) is 0 Å². The zero-order valence-electron chi connectivity index (χ0n) is 11.9. The van der Waals surface area contributed by atoms with Crippen LogP contribution in [-0.2, 0) is 0 Å². The van der Waals surface area contributed by atoms with Crippen molar-refractivity contribution in [3.05, 3.63) is 29.8 Å². The van der Waals surface area contributed by atoms with Crippen molar-refractivity contribution in [3.8, 4) is 5.75 Å². The van der Waals surface area contributed by atoms with Gasteiger partial charge in [-0.2, -0.15) is 0 Å². The molecule has 19 heavy (non-hydrogen) atoms. The fourth-order valence-electron chi connectivity index (χ4n) is 2.36. The number of aliphatic hydroxyl groups excluding tert-OH is 1. The molecule has 0 saturated carbocycles. The molecule has 1 heterocycles. The molecule has 1 aliphatic rings. The number of β-amino-alcohol motifs (C(OH)–C–C–N with tert-alkyl or cyclic N) is 1. The monoisotopic (exact) mass is 264 g/mol. The summed E-state index contributed by atoms with van der Waals surface area (Å²) >= 11 is 0. The van der Waals surface area contributed by atoms with Crippen LogP contribution in [0.25, 0.3) is 0 Å². The van der Waals surface area contributed by atoms with Gasteiger partial charge in [0.25, 0.3) is 0 Å². The number of ether oxygens (including phenoxy) is 1. The number of likely N-dealkylation sites (N-methyl/N-ethyl adjacent to an activating group) is 1. The lowest BCUT2D eigenvalue weighted by atomic mass is 10.1. The van der Waals surface area contributed by atoms with Gasteiger partial charge in [0.05, 0.1) is 12.7 Å². The van der Waals surface area contributed by atoms with E-state index in [-0.39, 0.29) is 0 Å². The van der Waals surface area contributed by atoms with Gasteiger partial charge in [0, 0.05) is 32.7 Å². The van der Waals surface area contributed by atoms with Crippen molar-refractivity contribution in [2.75, 3.05) is 46.4 Å². The van der Waals surface area contributed by atoms with Crippen LogP contribution in [0.5, 0.6) is 5.75 Å². The van der Waals surface area contributed by atoms with Gasteiger partial charge in [0.2, 0.25) is 0 Å². The highest BCUT2D eigenvalue weighted by Crippen LogP contribution is 2.20. The smallest absolute Gasteiger partial charge is 0.119 e. The Labute approximate surface area is 115 Å². The first-order valence-corrected chi connectivity index (χ1v) is 7.00. The number of rotatable bonds is 5. The molecule has 4 nitrogen and oxygen atoms in total. The first kappa shape index (κ1) is 14.3. The maximum absolute atomic E-state index is 10.3. The molecule has 0 amide bonds.